The van der Waals surface area contributed by atoms with Crippen LogP contribution in [-0.2, 0) is 11.3 Å². The molecule has 0 amide bonds. The zero-order valence-electron chi connectivity index (χ0n) is 16.2. The number of aromatic carboxylic acids is 1. The SMILES string of the molecule is C[C@@H]1CN(c2c(F)cc3c(=O)c(C(=O)O)c4scc5n4c3c2N(C)C5)C[C@H](C)O1. The minimum absolute atomic E-state index is 0.0521. The maximum atomic E-state index is 15.4. The second-order valence-corrected chi connectivity index (χ2v) is 8.71. The van der Waals surface area contributed by atoms with E-state index in [-0.39, 0.29) is 23.2 Å². The van der Waals surface area contributed by atoms with Gasteiger partial charge in [-0.05, 0) is 19.9 Å². The van der Waals surface area contributed by atoms with E-state index in [1.54, 1.807) is 0 Å². The Morgan fingerprint density at radius 1 is 1.28 bits per heavy atom. The van der Waals surface area contributed by atoms with Gasteiger partial charge in [-0.15, -0.1) is 11.3 Å². The van der Waals surface area contributed by atoms with Gasteiger partial charge >= 0.3 is 5.97 Å². The molecule has 3 aromatic rings. The fourth-order valence-electron chi connectivity index (χ4n) is 4.66. The summed E-state index contributed by atoms with van der Waals surface area (Å²) in [5.41, 5.74) is 1.57. The first-order valence-electron chi connectivity index (χ1n) is 9.44. The number of carboxylic acids is 1. The fraction of sp³-hybridized carbons (Fsp3) is 0.400. The molecule has 1 N–H and O–H groups in total. The fourth-order valence-corrected chi connectivity index (χ4v) is 5.70. The smallest absolute Gasteiger partial charge is 0.342 e. The van der Waals surface area contributed by atoms with Gasteiger partial charge in [-0.1, -0.05) is 0 Å². The summed E-state index contributed by atoms with van der Waals surface area (Å²) in [6.45, 7) is 5.48. The normalized spacial score (nSPS) is 21.5. The van der Waals surface area contributed by atoms with Gasteiger partial charge in [0.25, 0.3) is 0 Å². The van der Waals surface area contributed by atoms with E-state index in [4.69, 9.17) is 4.74 Å². The number of nitrogens with zero attached hydrogens (tertiary/aromatic N) is 3. The maximum absolute atomic E-state index is 15.4. The Bertz CT molecular complexity index is 1240. The molecule has 1 saturated heterocycles. The number of ether oxygens (including phenoxy) is 1. The second kappa shape index (κ2) is 6.17. The molecule has 0 unspecified atom stereocenters. The summed E-state index contributed by atoms with van der Waals surface area (Å²) in [6, 6.07) is 1.20. The predicted octanol–water partition coefficient (Wildman–Crippen LogP) is 2.91. The van der Waals surface area contributed by atoms with Crippen LogP contribution < -0.4 is 15.2 Å². The molecule has 2 aliphatic heterocycles. The van der Waals surface area contributed by atoms with Gasteiger partial charge in [0.1, 0.15) is 16.2 Å². The lowest BCUT2D eigenvalue weighted by Gasteiger charge is -2.40. The molecule has 0 aliphatic carbocycles. The molecule has 5 rings (SSSR count). The van der Waals surface area contributed by atoms with Crippen molar-refractivity contribution in [2.24, 2.45) is 0 Å². The zero-order chi connectivity index (χ0) is 20.6. The number of anilines is 2. The molecule has 1 aromatic carbocycles. The van der Waals surface area contributed by atoms with Crippen LogP contribution in [0, 0.1) is 5.82 Å². The third kappa shape index (κ3) is 2.50. The van der Waals surface area contributed by atoms with E-state index in [1.807, 2.05) is 40.5 Å². The van der Waals surface area contributed by atoms with Gasteiger partial charge in [0.15, 0.2) is 0 Å². The van der Waals surface area contributed by atoms with Crippen molar-refractivity contribution in [3.8, 4) is 0 Å². The largest absolute Gasteiger partial charge is 0.477 e. The van der Waals surface area contributed by atoms with E-state index in [0.717, 1.165) is 5.69 Å². The van der Waals surface area contributed by atoms with Crippen molar-refractivity contribution in [1.29, 1.82) is 0 Å². The number of halogens is 1. The first kappa shape index (κ1) is 18.4. The van der Waals surface area contributed by atoms with Crippen molar-refractivity contribution in [3.05, 3.63) is 38.7 Å². The maximum Gasteiger partial charge on any atom is 0.342 e. The average Bonchev–Trinajstić information content (AvgIpc) is 3.03. The van der Waals surface area contributed by atoms with E-state index in [0.29, 0.717) is 41.4 Å². The minimum Gasteiger partial charge on any atom is -0.477 e. The molecule has 152 valence electrons. The Labute approximate surface area is 169 Å². The van der Waals surface area contributed by atoms with Crippen molar-refractivity contribution in [2.75, 3.05) is 29.9 Å². The number of carboxylic acid groups (broad SMARTS) is 1. The lowest BCUT2D eigenvalue weighted by atomic mass is 10.0. The highest BCUT2D eigenvalue weighted by molar-refractivity contribution is 7.16. The van der Waals surface area contributed by atoms with Gasteiger partial charge in [0.05, 0.1) is 46.7 Å². The number of rotatable bonds is 2. The van der Waals surface area contributed by atoms with Gasteiger partial charge in [-0.3, -0.25) is 9.20 Å². The van der Waals surface area contributed by atoms with Crippen LogP contribution in [0.4, 0.5) is 15.8 Å². The highest BCUT2D eigenvalue weighted by atomic mass is 32.1. The minimum atomic E-state index is -1.29. The van der Waals surface area contributed by atoms with E-state index in [2.05, 4.69) is 0 Å². The predicted molar refractivity (Wildman–Crippen MR) is 110 cm³/mol. The average molecular weight is 417 g/mol. The molecule has 9 heteroatoms. The van der Waals surface area contributed by atoms with Crippen LogP contribution in [-0.4, -0.2) is 47.8 Å². The van der Waals surface area contributed by atoms with Crippen molar-refractivity contribution >= 4 is 44.4 Å². The first-order chi connectivity index (χ1) is 13.8. The van der Waals surface area contributed by atoms with Gasteiger partial charge in [-0.25, -0.2) is 9.18 Å². The molecule has 29 heavy (non-hydrogen) atoms. The van der Waals surface area contributed by atoms with Gasteiger partial charge in [0, 0.05) is 25.5 Å². The van der Waals surface area contributed by atoms with Gasteiger partial charge in [0.2, 0.25) is 5.43 Å². The highest BCUT2D eigenvalue weighted by Gasteiger charge is 2.33. The molecule has 1 fully saturated rings. The van der Waals surface area contributed by atoms with Crippen molar-refractivity contribution in [3.63, 3.8) is 0 Å². The number of hydrogen-bond acceptors (Lipinski definition) is 6. The first-order valence-corrected chi connectivity index (χ1v) is 10.3. The Kier molecular flexibility index (Phi) is 3.91. The Morgan fingerprint density at radius 3 is 2.62 bits per heavy atom. The second-order valence-electron chi connectivity index (χ2n) is 7.85. The molecule has 4 heterocycles. The van der Waals surface area contributed by atoms with Crippen molar-refractivity contribution in [2.45, 2.75) is 32.6 Å². The number of pyridine rings is 1. The van der Waals surface area contributed by atoms with Gasteiger partial charge in [-0.2, -0.15) is 0 Å². The van der Waals surface area contributed by atoms with Crippen LogP contribution in [0.5, 0.6) is 0 Å². The Hall–Kier alpha value is -2.65. The molecule has 0 radical (unpaired) electrons. The van der Waals surface area contributed by atoms with Crippen molar-refractivity contribution in [1.82, 2.24) is 4.40 Å². The van der Waals surface area contributed by atoms with Crippen LogP contribution in [0.2, 0.25) is 0 Å². The number of benzene rings is 1. The molecule has 2 atom stereocenters. The molecule has 0 spiro atoms. The summed E-state index contributed by atoms with van der Waals surface area (Å²) in [6.07, 6.45) is -0.104. The van der Waals surface area contributed by atoms with Gasteiger partial charge < -0.3 is 19.6 Å². The number of morpholine rings is 1. The van der Waals surface area contributed by atoms with E-state index < -0.39 is 17.2 Å². The van der Waals surface area contributed by atoms with Crippen LogP contribution >= 0.6 is 11.3 Å². The summed E-state index contributed by atoms with van der Waals surface area (Å²) in [4.78, 5) is 29.1. The summed E-state index contributed by atoms with van der Waals surface area (Å²) >= 11 is 1.23. The molecular weight excluding hydrogens is 397 g/mol. The molecular formula is C20H20FN3O4S. The lowest BCUT2D eigenvalue weighted by molar-refractivity contribution is -0.00536. The zero-order valence-corrected chi connectivity index (χ0v) is 17.0. The summed E-state index contributed by atoms with van der Waals surface area (Å²) in [5.74, 6) is -1.81. The number of thiazole rings is 1. The lowest BCUT2D eigenvalue weighted by Crippen LogP contribution is -2.46. The molecule has 2 aromatic heterocycles. The topological polar surface area (TPSA) is 74.5 Å². The standard InChI is InChI=1S/C20H20FN3O4S/c1-9-5-23(6-10(2)28-9)16-13(21)4-12-15-17(16)22(3)7-11-8-29-19(24(11)15)14(18(12)25)20(26)27/h4,8-10H,5-7H2,1-3H3,(H,26,27)/t9-,10+. The quantitative estimate of drug-likeness (QED) is 0.691. The van der Waals surface area contributed by atoms with Crippen molar-refractivity contribution < 1.29 is 19.0 Å². The summed E-state index contributed by atoms with van der Waals surface area (Å²) < 4.78 is 23.1. The molecule has 0 saturated carbocycles. The van der Waals surface area contributed by atoms with E-state index in [9.17, 15) is 14.7 Å². The van der Waals surface area contributed by atoms with Crippen LogP contribution in [0.25, 0.3) is 15.7 Å². The van der Waals surface area contributed by atoms with E-state index in [1.165, 1.54) is 17.4 Å². The molecule has 2 aliphatic rings. The highest BCUT2D eigenvalue weighted by Crippen LogP contribution is 2.43. The number of carbonyl (C=O) groups is 1. The number of aromatic nitrogens is 1. The third-order valence-corrected chi connectivity index (χ3v) is 6.64. The molecule has 0 bridgehead atoms. The summed E-state index contributed by atoms with van der Waals surface area (Å²) in [5, 5.41) is 11.6. The van der Waals surface area contributed by atoms with Crippen LogP contribution in [0.15, 0.2) is 16.2 Å². The Morgan fingerprint density at radius 2 is 1.97 bits per heavy atom. The third-order valence-electron chi connectivity index (χ3n) is 5.64. The molecule has 7 nitrogen and oxygen atoms in total. The summed E-state index contributed by atoms with van der Waals surface area (Å²) in [7, 11) is 1.87. The number of hydrogen-bond donors (Lipinski definition) is 1. The monoisotopic (exact) mass is 417 g/mol. The Balaban J connectivity index is 1.92. The van der Waals surface area contributed by atoms with E-state index >= 15 is 4.39 Å². The van der Waals surface area contributed by atoms with Crippen LogP contribution in [0.1, 0.15) is 29.9 Å². The van der Waals surface area contributed by atoms with Crippen LogP contribution in [0.3, 0.4) is 0 Å².